The predicted octanol–water partition coefficient (Wildman–Crippen LogP) is 3.73. The van der Waals surface area contributed by atoms with E-state index < -0.39 is 5.60 Å². The first kappa shape index (κ1) is 19.8. The van der Waals surface area contributed by atoms with E-state index in [0.717, 1.165) is 44.3 Å². The molecular weight excluding hydrogens is 392 g/mol. The molecule has 0 bridgehead atoms. The van der Waals surface area contributed by atoms with Crippen molar-refractivity contribution < 1.29 is 18.7 Å². The Labute approximate surface area is 174 Å². The van der Waals surface area contributed by atoms with Crippen LogP contribution in [0.25, 0.3) is 0 Å². The van der Waals surface area contributed by atoms with E-state index in [1.165, 1.54) is 0 Å². The summed E-state index contributed by atoms with van der Waals surface area (Å²) >= 11 is 6.02. The Morgan fingerprint density at radius 1 is 1.28 bits per heavy atom. The van der Waals surface area contributed by atoms with Gasteiger partial charge in [0.1, 0.15) is 17.1 Å². The number of rotatable bonds is 5. The Bertz CT molecular complexity index is 873. The van der Waals surface area contributed by atoms with Crippen LogP contribution in [0, 0.1) is 5.92 Å². The van der Waals surface area contributed by atoms with Crippen molar-refractivity contribution in [3.8, 4) is 5.75 Å². The summed E-state index contributed by atoms with van der Waals surface area (Å²) in [6, 6.07) is 8.93. The minimum atomic E-state index is -0.467. The lowest BCUT2D eigenvalue weighted by atomic mass is 9.78. The molecule has 6 nitrogen and oxygen atoms in total. The van der Waals surface area contributed by atoms with Gasteiger partial charge in [0.25, 0.3) is 5.91 Å². The molecule has 7 heteroatoms. The maximum atomic E-state index is 12.5. The van der Waals surface area contributed by atoms with Crippen molar-refractivity contribution in [1.29, 1.82) is 0 Å². The van der Waals surface area contributed by atoms with E-state index in [9.17, 15) is 9.59 Å². The van der Waals surface area contributed by atoms with Gasteiger partial charge < -0.3 is 19.8 Å². The van der Waals surface area contributed by atoms with Gasteiger partial charge in [0.05, 0.1) is 18.4 Å². The summed E-state index contributed by atoms with van der Waals surface area (Å²) in [5, 5.41) is 6.50. The van der Waals surface area contributed by atoms with E-state index in [2.05, 4.69) is 10.6 Å². The van der Waals surface area contributed by atoms with Crippen molar-refractivity contribution in [2.75, 3.05) is 13.1 Å². The Hall–Kier alpha value is -2.47. The second kappa shape index (κ2) is 8.49. The Kier molecular flexibility index (Phi) is 5.81. The van der Waals surface area contributed by atoms with E-state index in [-0.39, 0.29) is 17.7 Å². The highest BCUT2D eigenvalue weighted by atomic mass is 35.5. The molecule has 4 rings (SSSR count). The van der Waals surface area contributed by atoms with E-state index in [1.807, 2.05) is 12.1 Å². The van der Waals surface area contributed by atoms with Gasteiger partial charge in [-0.05, 0) is 62.4 Å². The van der Waals surface area contributed by atoms with Crippen molar-refractivity contribution >= 4 is 23.4 Å². The Morgan fingerprint density at radius 2 is 2.10 bits per heavy atom. The number of halogens is 1. The van der Waals surface area contributed by atoms with Crippen LogP contribution in [0.5, 0.6) is 5.75 Å². The smallest absolute Gasteiger partial charge is 0.255 e. The van der Waals surface area contributed by atoms with Crippen molar-refractivity contribution in [3.63, 3.8) is 0 Å². The first-order chi connectivity index (χ1) is 14.0. The predicted molar refractivity (Wildman–Crippen MR) is 109 cm³/mol. The number of aryl methyl sites for hydroxylation is 1. The molecule has 1 fully saturated rings. The molecule has 0 radical (unpaired) electrons. The van der Waals surface area contributed by atoms with Gasteiger partial charge >= 0.3 is 0 Å². The zero-order chi connectivity index (χ0) is 20.3. The summed E-state index contributed by atoms with van der Waals surface area (Å²) in [7, 11) is 0. The van der Waals surface area contributed by atoms with Gasteiger partial charge in [-0.15, -0.1) is 0 Å². The first-order valence-corrected chi connectivity index (χ1v) is 10.5. The molecule has 29 heavy (non-hydrogen) atoms. The SMILES string of the molecule is O=C1NCC2(CCC(C(=O)NCCCc3ccco3)CC2)Oc2ccc(Cl)cc21. The monoisotopic (exact) mass is 416 g/mol. The number of nitrogens with one attached hydrogen (secondary N) is 2. The maximum Gasteiger partial charge on any atom is 0.255 e. The second-order valence-corrected chi connectivity index (χ2v) is 8.29. The number of fused-ring (bicyclic) bond motifs is 1. The summed E-state index contributed by atoms with van der Waals surface area (Å²) in [6.45, 7) is 1.08. The van der Waals surface area contributed by atoms with Crippen molar-refractivity contribution in [2.45, 2.75) is 44.1 Å². The topological polar surface area (TPSA) is 80.6 Å². The average Bonchev–Trinajstić information content (AvgIpc) is 3.20. The van der Waals surface area contributed by atoms with E-state index in [4.69, 9.17) is 20.8 Å². The minimum absolute atomic E-state index is 0.0171. The minimum Gasteiger partial charge on any atom is -0.485 e. The van der Waals surface area contributed by atoms with Crippen LogP contribution in [-0.4, -0.2) is 30.5 Å². The van der Waals surface area contributed by atoms with Crippen LogP contribution in [0.4, 0.5) is 0 Å². The van der Waals surface area contributed by atoms with E-state index in [1.54, 1.807) is 24.5 Å². The number of carbonyl (C=O) groups excluding carboxylic acids is 2. The standard InChI is InChI=1S/C22H25ClN2O4/c23-16-5-6-19-18(13-16)21(27)25-14-22(29-19)9-7-15(8-10-22)20(26)24-11-1-3-17-4-2-12-28-17/h2,4-6,12-13,15H,1,3,7-11,14H2,(H,24,26)(H,25,27). The summed E-state index contributed by atoms with van der Waals surface area (Å²) in [6.07, 6.45) is 6.25. The van der Waals surface area contributed by atoms with Gasteiger partial charge in [-0.25, -0.2) is 0 Å². The van der Waals surface area contributed by atoms with Crippen LogP contribution in [0.15, 0.2) is 41.0 Å². The molecule has 1 saturated carbocycles. The summed E-state index contributed by atoms with van der Waals surface area (Å²) < 4.78 is 11.6. The number of furan rings is 1. The first-order valence-electron chi connectivity index (χ1n) is 10.1. The molecular formula is C22H25ClN2O4. The lowest BCUT2D eigenvalue weighted by molar-refractivity contribution is -0.127. The van der Waals surface area contributed by atoms with Crippen LogP contribution < -0.4 is 15.4 Å². The number of carbonyl (C=O) groups is 2. The number of ether oxygens (including phenoxy) is 1. The lowest BCUT2D eigenvalue weighted by Gasteiger charge is -2.39. The molecule has 2 amide bonds. The van der Waals surface area contributed by atoms with Crippen LogP contribution in [0.1, 0.15) is 48.2 Å². The molecule has 2 heterocycles. The highest BCUT2D eigenvalue weighted by Crippen LogP contribution is 2.38. The highest BCUT2D eigenvalue weighted by molar-refractivity contribution is 6.31. The fourth-order valence-corrected chi connectivity index (χ4v) is 4.30. The van der Waals surface area contributed by atoms with Crippen LogP contribution in [-0.2, 0) is 11.2 Å². The molecule has 1 aromatic carbocycles. The van der Waals surface area contributed by atoms with Gasteiger partial charge in [-0.1, -0.05) is 11.6 Å². The Balaban J connectivity index is 1.29. The van der Waals surface area contributed by atoms with Gasteiger partial charge in [0.15, 0.2) is 0 Å². The lowest BCUT2D eigenvalue weighted by Crippen LogP contribution is -2.49. The summed E-state index contributed by atoms with van der Waals surface area (Å²) in [5.74, 6) is 1.41. The average molecular weight is 417 g/mol. The molecule has 2 aliphatic rings. The van der Waals surface area contributed by atoms with Crippen LogP contribution >= 0.6 is 11.6 Å². The molecule has 0 atom stereocenters. The third-order valence-corrected chi connectivity index (χ3v) is 6.07. The molecule has 0 saturated heterocycles. The van der Waals surface area contributed by atoms with Gasteiger partial charge in [-0.3, -0.25) is 9.59 Å². The largest absolute Gasteiger partial charge is 0.485 e. The molecule has 1 aliphatic carbocycles. The van der Waals surface area contributed by atoms with E-state index in [0.29, 0.717) is 29.4 Å². The molecule has 1 aromatic heterocycles. The van der Waals surface area contributed by atoms with Gasteiger partial charge in [0.2, 0.25) is 5.91 Å². The van der Waals surface area contributed by atoms with Crippen molar-refractivity contribution in [2.24, 2.45) is 5.92 Å². The number of benzene rings is 1. The van der Waals surface area contributed by atoms with Crippen LogP contribution in [0.3, 0.4) is 0 Å². The third-order valence-electron chi connectivity index (χ3n) is 5.83. The van der Waals surface area contributed by atoms with Crippen LogP contribution in [0.2, 0.25) is 5.02 Å². The van der Waals surface area contributed by atoms with Crippen molar-refractivity contribution in [1.82, 2.24) is 10.6 Å². The van der Waals surface area contributed by atoms with E-state index >= 15 is 0 Å². The molecule has 1 aliphatic heterocycles. The second-order valence-electron chi connectivity index (χ2n) is 7.86. The van der Waals surface area contributed by atoms with Crippen molar-refractivity contribution in [3.05, 3.63) is 52.9 Å². The quantitative estimate of drug-likeness (QED) is 0.728. The molecule has 154 valence electrons. The summed E-state index contributed by atoms with van der Waals surface area (Å²) in [4.78, 5) is 24.9. The molecule has 2 N–H and O–H groups in total. The fraction of sp³-hybridized carbons (Fsp3) is 0.455. The summed E-state index contributed by atoms with van der Waals surface area (Å²) in [5.41, 5.74) is -0.00375. The number of amides is 2. The number of hydrogen-bond donors (Lipinski definition) is 2. The fourth-order valence-electron chi connectivity index (χ4n) is 4.13. The zero-order valence-electron chi connectivity index (χ0n) is 16.2. The highest BCUT2D eigenvalue weighted by Gasteiger charge is 2.41. The Morgan fingerprint density at radius 3 is 2.86 bits per heavy atom. The maximum absolute atomic E-state index is 12.5. The zero-order valence-corrected chi connectivity index (χ0v) is 17.0. The third kappa shape index (κ3) is 4.58. The molecule has 2 aromatic rings. The normalized spacial score (nSPS) is 23.6. The van der Waals surface area contributed by atoms with Gasteiger partial charge in [-0.2, -0.15) is 0 Å². The molecule has 0 unspecified atom stereocenters. The molecule has 1 spiro atoms. The number of hydrogen-bond acceptors (Lipinski definition) is 4. The van der Waals surface area contributed by atoms with Gasteiger partial charge in [0, 0.05) is 23.9 Å².